The summed E-state index contributed by atoms with van der Waals surface area (Å²) in [5.74, 6) is -0.393. The summed E-state index contributed by atoms with van der Waals surface area (Å²) in [6.07, 6.45) is 1.32. The minimum absolute atomic E-state index is 0.123. The Morgan fingerprint density at radius 3 is 3.06 bits per heavy atom. The molecule has 17 heavy (non-hydrogen) atoms. The molecule has 7 nitrogen and oxygen atoms in total. The molecule has 2 rings (SSSR count). The lowest BCUT2D eigenvalue weighted by molar-refractivity contribution is 0.0695. The van der Waals surface area contributed by atoms with E-state index in [0.29, 0.717) is 16.7 Å². The highest BCUT2D eigenvalue weighted by Gasteiger charge is 2.14. The molecule has 0 aliphatic heterocycles. The third-order valence-corrected chi connectivity index (χ3v) is 3.18. The lowest BCUT2D eigenvalue weighted by Crippen LogP contribution is -2.12. The van der Waals surface area contributed by atoms with Gasteiger partial charge in [-0.25, -0.2) is 14.7 Å². The summed E-state index contributed by atoms with van der Waals surface area (Å²) < 4.78 is 6.41. The van der Waals surface area contributed by atoms with E-state index < -0.39 is 5.97 Å². The van der Waals surface area contributed by atoms with Gasteiger partial charge in [0.25, 0.3) is 0 Å². The second-order valence-corrected chi connectivity index (χ2v) is 4.16. The van der Waals surface area contributed by atoms with Crippen LogP contribution in [0.4, 0.5) is 0 Å². The molecule has 0 spiro atoms. The van der Waals surface area contributed by atoms with Gasteiger partial charge in [0.1, 0.15) is 11.3 Å². The summed E-state index contributed by atoms with van der Waals surface area (Å²) >= 11 is 1.22. The lowest BCUT2D eigenvalue weighted by Gasteiger charge is -1.98. The normalized spacial score (nSPS) is 10.6. The maximum absolute atomic E-state index is 11.1. The third kappa shape index (κ3) is 2.26. The highest BCUT2D eigenvalue weighted by Crippen LogP contribution is 2.22. The van der Waals surface area contributed by atoms with Crippen LogP contribution in [0.5, 0.6) is 0 Å². The molecule has 0 aromatic carbocycles. The SMILES string of the molecule is Cn1c(SCc2occc2C(=O)O)n[nH]c1=O. The average Bonchev–Trinajstić information content (AvgIpc) is 2.86. The highest BCUT2D eigenvalue weighted by atomic mass is 32.2. The Labute approximate surface area is 99.4 Å². The first-order valence-electron chi connectivity index (χ1n) is 4.63. The van der Waals surface area contributed by atoms with E-state index in [4.69, 9.17) is 9.52 Å². The zero-order valence-electron chi connectivity index (χ0n) is 8.84. The van der Waals surface area contributed by atoms with Crippen LogP contribution in [0.2, 0.25) is 0 Å². The first-order valence-corrected chi connectivity index (χ1v) is 5.62. The van der Waals surface area contributed by atoms with Gasteiger partial charge in [0.05, 0.1) is 12.0 Å². The molecule has 0 fully saturated rings. The number of aromatic carboxylic acids is 1. The number of carboxylic acids is 1. The van der Waals surface area contributed by atoms with Crippen molar-refractivity contribution in [3.05, 3.63) is 34.1 Å². The number of hydrogen-bond acceptors (Lipinski definition) is 5. The summed E-state index contributed by atoms with van der Waals surface area (Å²) in [5.41, 5.74) is -0.191. The van der Waals surface area contributed by atoms with Crippen molar-refractivity contribution < 1.29 is 14.3 Å². The molecule has 2 N–H and O–H groups in total. The predicted octanol–water partition coefficient (Wildman–Crippen LogP) is 0.692. The van der Waals surface area contributed by atoms with Crippen molar-refractivity contribution in [3.63, 3.8) is 0 Å². The Kier molecular flexibility index (Phi) is 3.05. The van der Waals surface area contributed by atoms with Crippen molar-refractivity contribution in [2.45, 2.75) is 10.9 Å². The molecule has 0 amide bonds. The van der Waals surface area contributed by atoms with Crippen LogP contribution in [0.25, 0.3) is 0 Å². The zero-order valence-corrected chi connectivity index (χ0v) is 9.65. The molecule has 0 unspecified atom stereocenters. The number of nitrogens with zero attached hydrogens (tertiary/aromatic N) is 2. The molecule has 0 aliphatic carbocycles. The minimum atomic E-state index is -1.04. The van der Waals surface area contributed by atoms with Gasteiger partial charge in [-0.1, -0.05) is 11.8 Å². The van der Waals surface area contributed by atoms with Gasteiger partial charge in [-0.3, -0.25) is 4.57 Å². The Morgan fingerprint density at radius 1 is 1.71 bits per heavy atom. The quantitative estimate of drug-likeness (QED) is 0.779. The van der Waals surface area contributed by atoms with Gasteiger partial charge < -0.3 is 9.52 Å². The summed E-state index contributed by atoms with van der Waals surface area (Å²) in [4.78, 5) is 21.9. The molecule has 0 saturated heterocycles. The van der Waals surface area contributed by atoms with Crippen LogP contribution in [0.1, 0.15) is 16.1 Å². The second kappa shape index (κ2) is 4.50. The average molecular weight is 255 g/mol. The number of carboxylic acid groups (broad SMARTS) is 1. The van der Waals surface area contributed by atoms with Crippen molar-refractivity contribution in [1.29, 1.82) is 0 Å². The van der Waals surface area contributed by atoms with Gasteiger partial charge in [0.15, 0.2) is 5.16 Å². The predicted molar refractivity (Wildman–Crippen MR) is 59.1 cm³/mol. The fraction of sp³-hybridized carbons (Fsp3) is 0.222. The largest absolute Gasteiger partial charge is 0.478 e. The van der Waals surface area contributed by atoms with E-state index >= 15 is 0 Å². The van der Waals surface area contributed by atoms with Crippen molar-refractivity contribution in [2.24, 2.45) is 7.05 Å². The molecular formula is C9H9N3O4S. The van der Waals surface area contributed by atoms with E-state index in [2.05, 4.69) is 10.2 Å². The molecule has 0 radical (unpaired) electrons. The fourth-order valence-corrected chi connectivity index (χ4v) is 2.11. The number of thioether (sulfide) groups is 1. The van der Waals surface area contributed by atoms with E-state index in [1.807, 2.05) is 0 Å². The van der Waals surface area contributed by atoms with Gasteiger partial charge in [-0.15, -0.1) is 5.10 Å². The van der Waals surface area contributed by atoms with Crippen LogP contribution >= 0.6 is 11.8 Å². The fourth-order valence-electron chi connectivity index (χ4n) is 1.23. The van der Waals surface area contributed by atoms with Crippen LogP contribution in [0, 0.1) is 0 Å². The van der Waals surface area contributed by atoms with Crippen molar-refractivity contribution in [1.82, 2.24) is 14.8 Å². The molecule has 2 aromatic rings. The van der Waals surface area contributed by atoms with E-state index in [9.17, 15) is 9.59 Å². The Hall–Kier alpha value is -1.96. The molecule has 2 heterocycles. The second-order valence-electron chi connectivity index (χ2n) is 3.22. The summed E-state index contributed by atoms with van der Waals surface area (Å²) in [6, 6.07) is 1.39. The number of nitrogens with one attached hydrogen (secondary N) is 1. The van der Waals surface area contributed by atoms with E-state index in [-0.39, 0.29) is 11.3 Å². The van der Waals surface area contributed by atoms with Gasteiger partial charge in [0.2, 0.25) is 0 Å². The standard InChI is InChI=1S/C9H9N3O4S/c1-12-8(15)10-11-9(12)17-4-6-5(7(13)14)2-3-16-6/h2-3H,4H2,1H3,(H,10,15)(H,13,14). The molecule has 2 aromatic heterocycles. The molecule has 0 saturated carbocycles. The van der Waals surface area contributed by atoms with Gasteiger partial charge >= 0.3 is 11.7 Å². The first-order chi connectivity index (χ1) is 8.09. The Balaban J connectivity index is 2.13. The van der Waals surface area contributed by atoms with E-state index in [1.165, 1.54) is 28.7 Å². The van der Waals surface area contributed by atoms with Crippen LogP contribution in [-0.4, -0.2) is 25.8 Å². The molecule has 8 heteroatoms. The molecule has 0 aliphatic rings. The first kappa shape index (κ1) is 11.5. The van der Waals surface area contributed by atoms with E-state index in [1.54, 1.807) is 7.05 Å². The van der Waals surface area contributed by atoms with Crippen LogP contribution < -0.4 is 5.69 Å². The number of aromatic nitrogens is 3. The smallest absolute Gasteiger partial charge is 0.343 e. The zero-order chi connectivity index (χ0) is 12.4. The molecule has 0 atom stereocenters. The van der Waals surface area contributed by atoms with Gasteiger partial charge in [-0.05, 0) is 6.07 Å². The van der Waals surface area contributed by atoms with Crippen LogP contribution in [-0.2, 0) is 12.8 Å². The number of rotatable bonds is 4. The topological polar surface area (TPSA) is 101 Å². The number of carbonyl (C=O) groups is 1. The lowest BCUT2D eigenvalue weighted by atomic mass is 10.3. The highest BCUT2D eigenvalue weighted by molar-refractivity contribution is 7.98. The summed E-state index contributed by atoms with van der Waals surface area (Å²) in [7, 11) is 1.58. The molecule has 90 valence electrons. The van der Waals surface area contributed by atoms with Crippen molar-refractivity contribution in [3.8, 4) is 0 Å². The van der Waals surface area contributed by atoms with Gasteiger partial charge in [0, 0.05) is 7.05 Å². The van der Waals surface area contributed by atoms with Gasteiger partial charge in [-0.2, -0.15) is 0 Å². The number of furan rings is 1. The monoisotopic (exact) mass is 255 g/mol. The maximum Gasteiger partial charge on any atom is 0.343 e. The summed E-state index contributed by atoms with van der Waals surface area (Å²) in [5, 5.41) is 15.4. The van der Waals surface area contributed by atoms with E-state index in [0.717, 1.165) is 0 Å². The molecule has 0 bridgehead atoms. The number of H-pyrrole nitrogens is 1. The Bertz CT molecular complexity index is 597. The van der Waals surface area contributed by atoms with Crippen LogP contribution in [0.3, 0.4) is 0 Å². The maximum atomic E-state index is 11.1. The number of hydrogen-bond donors (Lipinski definition) is 2. The minimum Gasteiger partial charge on any atom is -0.478 e. The Morgan fingerprint density at radius 2 is 2.47 bits per heavy atom. The van der Waals surface area contributed by atoms with Crippen LogP contribution in [0.15, 0.2) is 26.7 Å². The van der Waals surface area contributed by atoms with Crippen molar-refractivity contribution in [2.75, 3.05) is 0 Å². The third-order valence-electron chi connectivity index (χ3n) is 2.15. The van der Waals surface area contributed by atoms with Crippen molar-refractivity contribution >= 4 is 17.7 Å². The molecular weight excluding hydrogens is 246 g/mol. The number of aromatic amines is 1. The summed E-state index contributed by atoms with van der Waals surface area (Å²) in [6.45, 7) is 0.